The van der Waals surface area contributed by atoms with Crippen LogP contribution in [0.1, 0.15) is 70.6 Å². The highest BCUT2D eigenvalue weighted by Crippen LogP contribution is 2.60. The summed E-state index contributed by atoms with van der Waals surface area (Å²) in [4.78, 5) is 0. The van der Waals surface area contributed by atoms with Crippen molar-refractivity contribution in [2.45, 2.75) is 113 Å². The largest absolute Gasteiger partial charge is 0.393 e. The van der Waals surface area contributed by atoms with Crippen LogP contribution in [0.15, 0.2) is 0 Å². The zero-order chi connectivity index (χ0) is 27.6. The van der Waals surface area contributed by atoms with Crippen molar-refractivity contribution in [3.05, 3.63) is 0 Å². The van der Waals surface area contributed by atoms with E-state index in [1.165, 1.54) is 32.1 Å². The zero-order valence-electron chi connectivity index (χ0n) is 22.9. The summed E-state index contributed by atoms with van der Waals surface area (Å²) in [6, 6.07) is 0. The third-order valence-corrected chi connectivity index (χ3v) is 12.6. The van der Waals surface area contributed by atoms with Crippen LogP contribution in [0.2, 0.25) is 0 Å². The van der Waals surface area contributed by atoms with E-state index in [9.17, 15) is 40.9 Å². The highest BCUT2D eigenvalue weighted by atomic mass is 16.5. The molecule has 5 saturated carbocycles. The Bertz CT molecular complexity index is 844. The Morgan fingerprint density at radius 1 is 0.744 bits per heavy atom. The lowest BCUT2D eigenvalue weighted by molar-refractivity contribution is -0.307. The summed E-state index contributed by atoms with van der Waals surface area (Å²) in [5.41, 5.74) is -2.08. The molecule has 15 atom stereocenters. The number of aliphatic hydroxyl groups excluding tert-OH is 6. The minimum Gasteiger partial charge on any atom is -0.393 e. The normalized spacial score (nSPS) is 54.7. The standard InChI is InChI=1S/C30H50O9/c31-21-12-18-9-17-11-19-16(8-14-4-2-1-3-5-14)10-20(15-6-7-39-13-15)25(32)23(19)26(33)22(17)27(34)30(18,38)28(35)24(21)29(36)37/h14-29,31-38H,1-13H2. The maximum atomic E-state index is 12.0. The van der Waals surface area contributed by atoms with Gasteiger partial charge in [0.25, 0.3) is 0 Å². The van der Waals surface area contributed by atoms with Gasteiger partial charge in [-0.2, -0.15) is 0 Å². The van der Waals surface area contributed by atoms with Crippen LogP contribution in [0.5, 0.6) is 0 Å². The van der Waals surface area contributed by atoms with Crippen LogP contribution in [-0.4, -0.2) is 96.5 Å². The lowest BCUT2D eigenvalue weighted by atomic mass is 9.46. The second-order valence-electron chi connectivity index (χ2n) is 14.3. The van der Waals surface area contributed by atoms with Crippen molar-refractivity contribution in [1.82, 2.24) is 0 Å². The number of ether oxygens (including phenoxy) is 1. The number of rotatable bonds is 4. The summed E-state index contributed by atoms with van der Waals surface area (Å²) in [5.74, 6) is -1.93. The maximum Gasteiger partial charge on any atom is 0.159 e. The van der Waals surface area contributed by atoms with Gasteiger partial charge >= 0.3 is 0 Å². The lowest BCUT2D eigenvalue weighted by Gasteiger charge is -2.63. The van der Waals surface area contributed by atoms with Crippen molar-refractivity contribution >= 4 is 0 Å². The molecule has 9 nitrogen and oxygen atoms in total. The molecule has 0 spiro atoms. The van der Waals surface area contributed by atoms with Gasteiger partial charge in [-0.15, -0.1) is 0 Å². The summed E-state index contributed by atoms with van der Waals surface area (Å²) in [7, 11) is 0. The molecule has 0 radical (unpaired) electrons. The Morgan fingerprint density at radius 3 is 2.15 bits per heavy atom. The third kappa shape index (κ3) is 4.72. The van der Waals surface area contributed by atoms with Crippen molar-refractivity contribution in [2.24, 2.45) is 59.2 Å². The topological polar surface area (TPSA) is 171 Å². The molecule has 1 aliphatic heterocycles. The van der Waals surface area contributed by atoms with Crippen molar-refractivity contribution in [3.8, 4) is 0 Å². The quantitative estimate of drug-likeness (QED) is 0.229. The van der Waals surface area contributed by atoms with Gasteiger partial charge in [0.2, 0.25) is 0 Å². The van der Waals surface area contributed by atoms with E-state index in [1.54, 1.807) is 0 Å². The SMILES string of the molecule is OC(O)C1C(O)CC2CC3CC4C(CC5CCCCC5)CC(C5CCOC5)C(O)C4C(O)C3C(O)C2(O)C1O. The van der Waals surface area contributed by atoms with Gasteiger partial charge in [-0.25, -0.2) is 0 Å². The number of aliphatic hydroxyl groups is 8. The van der Waals surface area contributed by atoms with E-state index in [4.69, 9.17) is 4.74 Å². The van der Waals surface area contributed by atoms with E-state index in [0.717, 1.165) is 25.7 Å². The first-order chi connectivity index (χ1) is 18.6. The van der Waals surface area contributed by atoms with Crippen LogP contribution in [0, 0.1) is 59.2 Å². The summed E-state index contributed by atoms with van der Waals surface area (Å²) in [5, 5.41) is 88.5. The van der Waals surface area contributed by atoms with Gasteiger partial charge in [-0.05, 0) is 80.0 Å². The average Bonchev–Trinajstić information content (AvgIpc) is 3.43. The molecule has 0 bridgehead atoms. The molecule has 0 aromatic heterocycles. The zero-order valence-corrected chi connectivity index (χ0v) is 22.9. The fourth-order valence-electron chi connectivity index (χ4n) is 10.7. The van der Waals surface area contributed by atoms with E-state index >= 15 is 0 Å². The molecule has 1 heterocycles. The first kappa shape index (κ1) is 28.7. The van der Waals surface area contributed by atoms with Gasteiger partial charge in [0.15, 0.2) is 6.29 Å². The first-order valence-electron chi connectivity index (χ1n) is 15.7. The highest BCUT2D eigenvalue weighted by molar-refractivity contribution is 5.16. The summed E-state index contributed by atoms with van der Waals surface area (Å²) < 4.78 is 5.70. The minimum atomic E-state index is -2.08. The summed E-state index contributed by atoms with van der Waals surface area (Å²) >= 11 is 0. The predicted octanol–water partition coefficient (Wildman–Crippen LogP) is 0.384. The third-order valence-electron chi connectivity index (χ3n) is 12.6. The summed E-state index contributed by atoms with van der Waals surface area (Å²) in [6.07, 6.45) is 2.10. The van der Waals surface area contributed by atoms with Crippen LogP contribution in [-0.2, 0) is 4.74 Å². The van der Waals surface area contributed by atoms with E-state index < -0.39 is 66.1 Å². The van der Waals surface area contributed by atoms with Gasteiger partial charge in [0.1, 0.15) is 5.60 Å². The smallest absolute Gasteiger partial charge is 0.159 e. The van der Waals surface area contributed by atoms with E-state index in [-0.39, 0.29) is 30.1 Å². The molecule has 6 fully saturated rings. The van der Waals surface area contributed by atoms with Gasteiger partial charge in [-0.3, -0.25) is 0 Å². The van der Waals surface area contributed by atoms with Crippen molar-refractivity contribution < 1.29 is 45.6 Å². The predicted molar refractivity (Wildman–Crippen MR) is 140 cm³/mol. The first-order valence-corrected chi connectivity index (χ1v) is 15.7. The summed E-state index contributed by atoms with van der Waals surface area (Å²) in [6.45, 7) is 1.32. The van der Waals surface area contributed by atoms with Crippen LogP contribution >= 0.6 is 0 Å². The maximum absolute atomic E-state index is 12.0. The lowest BCUT2D eigenvalue weighted by Crippen LogP contribution is -2.74. The van der Waals surface area contributed by atoms with Crippen molar-refractivity contribution in [3.63, 3.8) is 0 Å². The average molecular weight is 555 g/mol. The highest BCUT2D eigenvalue weighted by Gasteiger charge is 2.67. The van der Waals surface area contributed by atoms with Crippen molar-refractivity contribution in [1.29, 1.82) is 0 Å². The Kier molecular flexibility index (Phi) is 8.14. The molecule has 9 heteroatoms. The van der Waals surface area contributed by atoms with E-state index in [0.29, 0.717) is 31.5 Å². The molecule has 0 aromatic carbocycles. The van der Waals surface area contributed by atoms with Crippen LogP contribution in [0.4, 0.5) is 0 Å². The Hall–Kier alpha value is -0.360. The molecule has 15 unspecified atom stereocenters. The van der Waals surface area contributed by atoms with Gasteiger partial charge in [0, 0.05) is 25.0 Å². The van der Waals surface area contributed by atoms with Crippen LogP contribution in [0.25, 0.3) is 0 Å². The van der Waals surface area contributed by atoms with Crippen LogP contribution in [0.3, 0.4) is 0 Å². The molecule has 5 aliphatic carbocycles. The molecule has 8 N–H and O–H groups in total. The number of hydrogen-bond acceptors (Lipinski definition) is 9. The molecule has 0 aromatic rings. The van der Waals surface area contributed by atoms with Crippen molar-refractivity contribution in [2.75, 3.05) is 13.2 Å². The fourth-order valence-corrected chi connectivity index (χ4v) is 10.7. The van der Waals surface area contributed by atoms with E-state index in [2.05, 4.69) is 0 Å². The molecular weight excluding hydrogens is 504 g/mol. The number of fused-ring (bicyclic) bond motifs is 3. The second kappa shape index (κ2) is 11.0. The molecule has 1 saturated heterocycles. The second-order valence-corrected chi connectivity index (χ2v) is 14.3. The van der Waals surface area contributed by atoms with Crippen LogP contribution < -0.4 is 0 Å². The molecule has 6 rings (SSSR count). The van der Waals surface area contributed by atoms with E-state index in [1.807, 2.05) is 0 Å². The molecule has 6 aliphatic rings. The minimum absolute atomic E-state index is 0.0226. The Morgan fingerprint density at radius 2 is 1.49 bits per heavy atom. The number of hydrogen-bond donors (Lipinski definition) is 8. The van der Waals surface area contributed by atoms with Gasteiger partial charge < -0.3 is 45.6 Å². The molecule has 0 amide bonds. The molecular formula is C30H50O9. The molecule has 39 heavy (non-hydrogen) atoms. The fraction of sp³-hybridized carbons (Fsp3) is 1.00. The monoisotopic (exact) mass is 554 g/mol. The Balaban J connectivity index is 1.30. The molecule has 224 valence electrons. The van der Waals surface area contributed by atoms with Gasteiger partial charge in [-0.1, -0.05) is 32.1 Å². The Labute approximate surface area is 231 Å². The van der Waals surface area contributed by atoms with Gasteiger partial charge in [0.05, 0.1) is 36.4 Å².